The van der Waals surface area contributed by atoms with Gasteiger partial charge in [-0.15, -0.1) is 0 Å². The predicted molar refractivity (Wildman–Crippen MR) is 65.0 cm³/mol. The van der Waals surface area contributed by atoms with E-state index in [1.165, 1.54) is 25.1 Å². The molecule has 0 unspecified atom stereocenters. The van der Waals surface area contributed by atoms with Gasteiger partial charge in [0.25, 0.3) is 0 Å². The lowest BCUT2D eigenvalue weighted by Crippen LogP contribution is -2.07. The maximum atomic E-state index is 11.4. The first-order valence-electron chi connectivity index (χ1n) is 5.03. The van der Waals surface area contributed by atoms with Crippen molar-refractivity contribution in [2.24, 2.45) is 0 Å². The van der Waals surface area contributed by atoms with E-state index in [9.17, 15) is 15.0 Å². The van der Waals surface area contributed by atoms with Crippen LogP contribution in [-0.4, -0.2) is 22.8 Å². The third kappa shape index (κ3) is 3.14. The van der Waals surface area contributed by atoms with Gasteiger partial charge in [0.1, 0.15) is 11.5 Å². The molecule has 0 atom stereocenters. The summed E-state index contributed by atoms with van der Waals surface area (Å²) in [6, 6.07) is 4.10. The fourth-order valence-electron chi connectivity index (χ4n) is 1.23. The van der Waals surface area contributed by atoms with Crippen molar-refractivity contribution >= 4 is 23.3 Å². The molecule has 1 rings (SSSR count). The summed E-state index contributed by atoms with van der Waals surface area (Å²) in [4.78, 5) is 11.4. The van der Waals surface area contributed by atoms with Crippen molar-refractivity contribution in [1.82, 2.24) is 0 Å². The smallest absolute Gasteiger partial charge is 0.337 e. The van der Waals surface area contributed by atoms with E-state index >= 15 is 0 Å². The zero-order valence-electron chi connectivity index (χ0n) is 9.53. The maximum absolute atomic E-state index is 11.4. The van der Waals surface area contributed by atoms with Crippen molar-refractivity contribution < 1.29 is 19.7 Å². The Kier molecular flexibility index (Phi) is 4.40. The van der Waals surface area contributed by atoms with E-state index in [-0.39, 0.29) is 34.3 Å². The van der Waals surface area contributed by atoms with Gasteiger partial charge >= 0.3 is 5.97 Å². The average Bonchev–Trinajstić information content (AvgIpc) is 2.30. The topological polar surface area (TPSA) is 66.8 Å². The number of phenolic OH excluding ortho intramolecular Hbond substituents is 1. The normalized spacial score (nSPS) is 11.9. The first-order valence-corrected chi connectivity index (χ1v) is 5.41. The number of aliphatic hydroxyl groups excluding tert-OH is 1. The Morgan fingerprint density at radius 3 is 2.71 bits per heavy atom. The highest BCUT2D eigenvalue weighted by atomic mass is 35.5. The predicted octanol–water partition coefficient (Wildman–Crippen LogP) is 2.90. The minimum absolute atomic E-state index is 0.0411. The van der Waals surface area contributed by atoms with Crippen molar-refractivity contribution in [3.63, 3.8) is 0 Å². The van der Waals surface area contributed by atoms with Crippen LogP contribution < -0.4 is 0 Å². The molecule has 17 heavy (non-hydrogen) atoms. The van der Waals surface area contributed by atoms with Crippen LogP contribution in [0.1, 0.15) is 19.4 Å². The average molecular weight is 257 g/mol. The van der Waals surface area contributed by atoms with E-state index in [2.05, 4.69) is 0 Å². The number of ether oxygens (including phenoxy) is 1. The van der Waals surface area contributed by atoms with Crippen LogP contribution in [0, 0.1) is 0 Å². The van der Waals surface area contributed by atoms with E-state index in [0.717, 1.165) is 0 Å². The van der Waals surface area contributed by atoms with Crippen molar-refractivity contribution in [1.29, 1.82) is 0 Å². The quantitative estimate of drug-likeness (QED) is 0.496. The highest BCUT2D eigenvalue weighted by Gasteiger charge is 2.15. The standard InChI is InChI=1S/C12H13ClO4/c1-3-17-12(16)7(2)11(15)9-6-8(14)4-5-10(9)13/h4-6,14-15H,3H2,1-2H3. The fraction of sp³-hybridized carbons (Fsp3) is 0.250. The molecule has 2 N–H and O–H groups in total. The number of carbonyl (C=O) groups excluding carboxylic acids is 1. The van der Waals surface area contributed by atoms with Crippen LogP contribution >= 0.6 is 11.6 Å². The summed E-state index contributed by atoms with van der Waals surface area (Å²) in [5, 5.41) is 19.4. The second kappa shape index (κ2) is 5.59. The molecule has 0 bridgehead atoms. The van der Waals surface area contributed by atoms with Gasteiger partial charge in [0.05, 0.1) is 17.2 Å². The van der Waals surface area contributed by atoms with E-state index in [1.807, 2.05) is 0 Å². The van der Waals surface area contributed by atoms with Gasteiger partial charge in [0, 0.05) is 5.56 Å². The second-order valence-electron chi connectivity index (χ2n) is 3.36. The number of hydrogen-bond donors (Lipinski definition) is 2. The van der Waals surface area contributed by atoms with Crippen LogP contribution in [0.2, 0.25) is 5.02 Å². The highest BCUT2D eigenvalue weighted by Crippen LogP contribution is 2.28. The molecule has 5 heteroatoms. The van der Waals surface area contributed by atoms with Crippen molar-refractivity contribution in [3.05, 3.63) is 34.4 Å². The van der Waals surface area contributed by atoms with E-state index in [4.69, 9.17) is 16.3 Å². The number of carbonyl (C=O) groups is 1. The monoisotopic (exact) mass is 256 g/mol. The van der Waals surface area contributed by atoms with Gasteiger partial charge in [-0.2, -0.15) is 0 Å². The minimum Gasteiger partial charge on any atom is -0.508 e. The van der Waals surface area contributed by atoms with E-state index in [0.29, 0.717) is 0 Å². The Morgan fingerprint density at radius 2 is 2.12 bits per heavy atom. The van der Waals surface area contributed by atoms with Crippen molar-refractivity contribution in [2.75, 3.05) is 6.61 Å². The molecule has 0 aromatic heterocycles. The summed E-state index contributed by atoms with van der Waals surface area (Å²) < 4.78 is 4.75. The first-order chi connectivity index (χ1) is 7.97. The Morgan fingerprint density at radius 1 is 1.47 bits per heavy atom. The summed E-state index contributed by atoms with van der Waals surface area (Å²) >= 11 is 5.86. The molecule has 0 amide bonds. The SMILES string of the molecule is CCOC(=O)C(C)=C(O)c1cc(O)ccc1Cl. The molecular formula is C12H13ClO4. The van der Waals surface area contributed by atoms with Gasteiger partial charge in [-0.3, -0.25) is 0 Å². The molecule has 0 fully saturated rings. The van der Waals surface area contributed by atoms with Gasteiger partial charge in [0.15, 0.2) is 0 Å². The summed E-state index contributed by atoms with van der Waals surface area (Å²) in [6.07, 6.45) is 0. The van der Waals surface area contributed by atoms with Crippen molar-refractivity contribution in [2.45, 2.75) is 13.8 Å². The van der Waals surface area contributed by atoms with Crippen molar-refractivity contribution in [3.8, 4) is 5.75 Å². The molecule has 0 radical (unpaired) electrons. The fourth-order valence-corrected chi connectivity index (χ4v) is 1.44. The zero-order valence-corrected chi connectivity index (χ0v) is 10.3. The van der Waals surface area contributed by atoms with E-state index in [1.54, 1.807) is 6.92 Å². The molecule has 0 spiro atoms. The molecule has 0 aliphatic carbocycles. The Hall–Kier alpha value is -1.68. The van der Waals surface area contributed by atoms with Gasteiger partial charge in [-0.25, -0.2) is 4.79 Å². The van der Waals surface area contributed by atoms with Crippen LogP contribution in [0.5, 0.6) is 5.75 Å². The minimum atomic E-state index is -0.621. The first kappa shape index (κ1) is 13.4. The summed E-state index contributed by atoms with van der Waals surface area (Å²) in [5.74, 6) is -0.971. The van der Waals surface area contributed by atoms with Crippen LogP contribution in [0.25, 0.3) is 5.76 Å². The Labute approximate surface area is 104 Å². The third-order valence-corrected chi connectivity index (χ3v) is 2.47. The van der Waals surface area contributed by atoms with Crippen LogP contribution in [0.15, 0.2) is 23.8 Å². The summed E-state index contributed by atoms with van der Waals surface area (Å²) in [6.45, 7) is 3.31. The lowest BCUT2D eigenvalue weighted by molar-refractivity contribution is -0.138. The second-order valence-corrected chi connectivity index (χ2v) is 3.77. The number of aromatic hydroxyl groups is 1. The number of phenols is 1. The lowest BCUT2D eigenvalue weighted by Gasteiger charge is -2.08. The maximum Gasteiger partial charge on any atom is 0.337 e. The molecule has 0 heterocycles. The number of aliphatic hydroxyl groups is 1. The molecular weight excluding hydrogens is 244 g/mol. The molecule has 0 aliphatic rings. The van der Waals surface area contributed by atoms with Gasteiger partial charge < -0.3 is 14.9 Å². The summed E-state index contributed by atoms with van der Waals surface area (Å²) in [5.41, 5.74) is 0.233. The largest absolute Gasteiger partial charge is 0.508 e. The van der Waals surface area contributed by atoms with Crippen LogP contribution in [0.4, 0.5) is 0 Å². The van der Waals surface area contributed by atoms with E-state index < -0.39 is 5.97 Å². The number of hydrogen-bond acceptors (Lipinski definition) is 4. The van der Waals surface area contributed by atoms with Gasteiger partial charge in [0.2, 0.25) is 0 Å². The highest BCUT2D eigenvalue weighted by molar-refractivity contribution is 6.32. The Bertz CT molecular complexity index is 466. The molecule has 0 aliphatic heterocycles. The van der Waals surface area contributed by atoms with Gasteiger partial charge in [-0.1, -0.05) is 11.6 Å². The van der Waals surface area contributed by atoms with Gasteiger partial charge in [-0.05, 0) is 32.0 Å². The number of rotatable bonds is 3. The van der Waals surface area contributed by atoms with Crippen LogP contribution in [0.3, 0.4) is 0 Å². The molecule has 0 saturated carbocycles. The number of halogens is 1. The number of esters is 1. The molecule has 4 nitrogen and oxygen atoms in total. The molecule has 92 valence electrons. The lowest BCUT2D eigenvalue weighted by atomic mass is 10.1. The molecule has 1 aromatic carbocycles. The van der Waals surface area contributed by atoms with Crippen LogP contribution in [-0.2, 0) is 9.53 Å². The number of benzene rings is 1. The summed E-state index contributed by atoms with van der Waals surface area (Å²) in [7, 11) is 0. The zero-order chi connectivity index (χ0) is 13.0. The molecule has 0 saturated heterocycles. The third-order valence-electron chi connectivity index (χ3n) is 2.14. The Balaban J connectivity index is 3.18. The molecule has 1 aromatic rings.